The molecule has 2 aliphatic heterocycles. The van der Waals surface area contributed by atoms with E-state index in [1.165, 1.54) is 17.0 Å². The number of ether oxygens (including phenoxy) is 1. The van der Waals surface area contributed by atoms with Gasteiger partial charge in [-0.3, -0.25) is 9.69 Å². The van der Waals surface area contributed by atoms with Gasteiger partial charge in [-0.05, 0) is 50.5 Å². The molecule has 2 amide bonds. The maximum Gasteiger partial charge on any atom is 0.411 e. The van der Waals surface area contributed by atoms with Gasteiger partial charge < -0.3 is 10.1 Å². The van der Waals surface area contributed by atoms with Crippen molar-refractivity contribution in [2.45, 2.75) is 63.8 Å². The largest absolute Gasteiger partial charge is 0.444 e. The molecule has 0 fully saturated rings. The summed E-state index contributed by atoms with van der Waals surface area (Å²) in [5, 5.41) is 11.0. The van der Waals surface area contributed by atoms with E-state index in [-0.39, 0.29) is 18.3 Å². The van der Waals surface area contributed by atoms with Gasteiger partial charge in [0.25, 0.3) is 0 Å². The first-order valence-corrected chi connectivity index (χ1v) is 10.1. The molecule has 2 aliphatic rings. The predicted molar refractivity (Wildman–Crippen MR) is 109 cm³/mol. The SMILES string of the molecule is C#CCCC1(CCNC(=O)C2c3ccc(F)cc3CCN2C(=O)OC(C)(C)C)N=N1. The molecular weight excluding hydrogens is 387 g/mol. The lowest BCUT2D eigenvalue weighted by molar-refractivity contribution is -0.127. The second kappa shape index (κ2) is 8.42. The van der Waals surface area contributed by atoms with Crippen LogP contribution in [0, 0.1) is 18.2 Å². The molecule has 0 radical (unpaired) electrons. The van der Waals surface area contributed by atoms with Crippen molar-refractivity contribution in [3.05, 3.63) is 35.1 Å². The highest BCUT2D eigenvalue weighted by Gasteiger charge is 2.41. The molecule has 160 valence electrons. The summed E-state index contributed by atoms with van der Waals surface area (Å²) in [6, 6.07) is 3.39. The Morgan fingerprint density at radius 1 is 1.37 bits per heavy atom. The number of terminal acetylenes is 1. The molecule has 0 aromatic heterocycles. The first kappa shape index (κ1) is 21.8. The van der Waals surface area contributed by atoms with E-state index in [0.717, 1.165) is 0 Å². The molecule has 1 aromatic rings. The summed E-state index contributed by atoms with van der Waals surface area (Å²) in [5.74, 6) is 1.86. The van der Waals surface area contributed by atoms with Crippen LogP contribution in [0.1, 0.15) is 57.2 Å². The van der Waals surface area contributed by atoms with E-state index >= 15 is 0 Å². The maximum absolute atomic E-state index is 13.7. The van der Waals surface area contributed by atoms with Crippen molar-refractivity contribution in [3.63, 3.8) is 0 Å². The van der Waals surface area contributed by atoms with Gasteiger partial charge in [-0.1, -0.05) is 6.07 Å². The fraction of sp³-hybridized carbons (Fsp3) is 0.545. The lowest BCUT2D eigenvalue weighted by Crippen LogP contribution is -2.49. The predicted octanol–water partition coefficient (Wildman–Crippen LogP) is 3.74. The summed E-state index contributed by atoms with van der Waals surface area (Å²) in [5.41, 5.74) is 0.124. The van der Waals surface area contributed by atoms with E-state index < -0.39 is 23.4 Å². The number of hydrogen-bond acceptors (Lipinski definition) is 5. The van der Waals surface area contributed by atoms with Gasteiger partial charge in [-0.15, -0.1) is 12.3 Å². The zero-order chi connectivity index (χ0) is 21.9. The van der Waals surface area contributed by atoms with Crippen LogP contribution in [0.2, 0.25) is 0 Å². The van der Waals surface area contributed by atoms with Crippen LogP contribution in [-0.2, 0) is 16.0 Å². The highest BCUT2D eigenvalue weighted by molar-refractivity contribution is 5.87. The Morgan fingerprint density at radius 2 is 2.10 bits per heavy atom. The molecule has 0 saturated heterocycles. The Morgan fingerprint density at radius 3 is 2.73 bits per heavy atom. The van der Waals surface area contributed by atoms with E-state index in [9.17, 15) is 14.0 Å². The summed E-state index contributed by atoms with van der Waals surface area (Å²) in [7, 11) is 0. The molecule has 7 nitrogen and oxygen atoms in total. The van der Waals surface area contributed by atoms with Gasteiger partial charge in [-0.25, -0.2) is 9.18 Å². The molecule has 1 N–H and O–H groups in total. The average Bonchev–Trinajstić information content (AvgIpc) is 3.43. The summed E-state index contributed by atoms with van der Waals surface area (Å²) in [4.78, 5) is 27.3. The highest BCUT2D eigenvalue weighted by Crippen LogP contribution is 2.36. The molecule has 3 rings (SSSR count). The molecule has 1 atom stereocenters. The summed E-state index contributed by atoms with van der Waals surface area (Å²) < 4.78 is 19.2. The van der Waals surface area contributed by atoms with Crippen LogP contribution in [0.3, 0.4) is 0 Å². The molecule has 0 spiro atoms. The van der Waals surface area contributed by atoms with Crippen LogP contribution < -0.4 is 5.32 Å². The van der Waals surface area contributed by atoms with Gasteiger partial charge in [0.1, 0.15) is 17.5 Å². The Labute approximate surface area is 176 Å². The molecule has 0 saturated carbocycles. The van der Waals surface area contributed by atoms with Crippen LogP contribution >= 0.6 is 0 Å². The Bertz CT molecular complexity index is 895. The van der Waals surface area contributed by atoms with Gasteiger partial charge in [-0.2, -0.15) is 10.2 Å². The number of benzene rings is 1. The van der Waals surface area contributed by atoms with Crippen LogP contribution in [0.5, 0.6) is 0 Å². The number of rotatable bonds is 6. The lowest BCUT2D eigenvalue weighted by atomic mass is 9.92. The minimum Gasteiger partial charge on any atom is -0.444 e. The summed E-state index contributed by atoms with van der Waals surface area (Å²) in [6.07, 6.45) is 6.93. The standard InChI is InChI=1S/C22H27FN4O3/c1-5-6-10-22(25-26-22)11-12-24-19(28)18-17-8-7-16(23)14-15(17)9-13-27(18)20(29)30-21(2,3)4/h1,7-8,14,18H,6,9-13H2,2-4H3,(H,24,28). The van der Waals surface area contributed by atoms with E-state index in [2.05, 4.69) is 21.5 Å². The van der Waals surface area contributed by atoms with Gasteiger partial charge in [0.2, 0.25) is 5.91 Å². The topological polar surface area (TPSA) is 83.4 Å². The van der Waals surface area contributed by atoms with Gasteiger partial charge in [0.15, 0.2) is 5.66 Å². The fourth-order valence-corrected chi connectivity index (χ4v) is 3.55. The molecule has 0 bridgehead atoms. The number of amides is 2. The third-order valence-corrected chi connectivity index (χ3v) is 5.09. The van der Waals surface area contributed by atoms with Crippen molar-refractivity contribution < 1.29 is 18.7 Å². The number of halogens is 1. The summed E-state index contributed by atoms with van der Waals surface area (Å²) >= 11 is 0. The number of carbonyl (C=O) groups excluding carboxylic acids is 2. The van der Waals surface area contributed by atoms with Crippen molar-refractivity contribution in [1.82, 2.24) is 10.2 Å². The molecule has 0 aliphatic carbocycles. The third kappa shape index (κ3) is 5.15. The number of carbonyl (C=O) groups is 2. The Balaban J connectivity index is 1.74. The zero-order valence-electron chi connectivity index (χ0n) is 17.6. The summed E-state index contributed by atoms with van der Waals surface area (Å²) in [6.45, 7) is 5.91. The van der Waals surface area contributed by atoms with E-state index in [0.29, 0.717) is 43.4 Å². The molecule has 30 heavy (non-hydrogen) atoms. The third-order valence-electron chi connectivity index (χ3n) is 5.09. The molecular formula is C22H27FN4O3. The first-order chi connectivity index (χ1) is 14.1. The quantitative estimate of drug-likeness (QED) is 0.720. The van der Waals surface area contributed by atoms with Crippen molar-refractivity contribution in [1.29, 1.82) is 0 Å². The smallest absolute Gasteiger partial charge is 0.411 e. The molecule has 8 heteroatoms. The maximum atomic E-state index is 13.7. The highest BCUT2D eigenvalue weighted by atomic mass is 19.1. The van der Waals surface area contributed by atoms with Gasteiger partial charge in [0, 0.05) is 32.4 Å². The normalized spacial score (nSPS) is 18.9. The zero-order valence-corrected chi connectivity index (χ0v) is 17.6. The molecule has 1 unspecified atom stereocenters. The van der Waals surface area contributed by atoms with Crippen LogP contribution in [0.25, 0.3) is 0 Å². The van der Waals surface area contributed by atoms with Crippen molar-refractivity contribution >= 4 is 12.0 Å². The van der Waals surface area contributed by atoms with Crippen molar-refractivity contribution in [2.75, 3.05) is 13.1 Å². The molecule has 2 heterocycles. The lowest BCUT2D eigenvalue weighted by Gasteiger charge is -2.37. The van der Waals surface area contributed by atoms with E-state index in [1.807, 2.05) is 0 Å². The van der Waals surface area contributed by atoms with Gasteiger partial charge in [0.05, 0.1) is 0 Å². The minimum absolute atomic E-state index is 0.264. The monoisotopic (exact) mass is 414 g/mol. The van der Waals surface area contributed by atoms with Crippen molar-refractivity contribution in [3.8, 4) is 12.3 Å². The van der Waals surface area contributed by atoms with E-state index in [4.69, 9.17) is 11.2 Å². The first-order valence-electron chi connectivity index (χ1n) is 10.1. The van der Waals surface area contributed by atoms with Crippen LogP contribution in [-0.4, -0.2) is 41.3 Å². The van der Waals surface area contributed by atoms with Crippen molar-refractivity contribution in [2.24, 2.45) is 10.2 Å². The number of nitrogens with one attached hydrogen (secondary N) is 1. The fourth-order valence-electron chi connectivity index (χ4n) is 3.55. The molecule has 1 aromatic carbocycles. The number of fused-ring (bicyclic) bond motifs is 1. The Kier molecular flexibility index (Phi) is 6.11. The minimum atomic E-state index is -0.890. The Hall–Kier alpha value is -2.95. The van der Waals surface area contributed by atoms with E-state index in [1.54, 1.807) is 26.8 Å². The number of hydrogen-bond donors (Lipinski definition) is 1. The van der Waals surface area contributed by atoms with Crippen LogP contribution in [0.4, 0.5) is 9.18 Å². The van der Waals surface area contributed by atoms with Crippen LogP contribution in [0.15, 0.2) is 28.4 Å². The average molecular weight is 414 g/mol. The second-order valence-corrected chi connectivity index (χ2v) is 8.60. The number of nitrogens with zero attached hydrogens (tertiary/aromatic N) is 3. The second-order valence-electron chi connectivity index (χ2n) is 8.60. The van der Waals surface area contributed by atoms with Gasteiger partial charge >= 0.3 is 6.09 Å².